The molecule has 6 nitrogen and oxygen atoms in total. The molecule has 2 heterocycles. The molecular formula is C16H28N4O2S. The first-order valence-electron chi connectivity index (χ1n) is 8.34. The molecule has 1 aromatic rings. The Bertz CT molecular complexity index is 598. The van der Waals surface area contributed by atoms with Crippen LogP contribution in [0.25, 0.3) is 0 Å². The zero-order valence-electron chi connectivity index (χ0n) is 14.3. The molecule has 1 saturated heterocycles. The van der Waals surface area contributed by atoms with E-state index in [0.29, 0.717) is 6.54 Å². The monoisotopic (exact) mass is 340 g/mol. The van der Waals surface area contributed by atoms with Gasteiger partial charge < -0.3 is 4.90 Å². The van der Waals surface area contributed by atoms with E-state index in [0.717, 1.165) is 50.3 Å². The maximum atomic E-state index is 12.3. The Balaban J connectivity index is 1.87. The van der Waals surface area contributed by atoms with Gasteiger partial charge in [0.05, 0.1) is 0 Å². The summed E-state index contributed by atoms with van der Waals surface area (Å²) in [5.74, 6) is 0.978. The molecule has 1 aromatic heterocycles. The minimum Gasteiger partial charge on any atom is -0.356 e. The molecular weight excluding hydrogens is 312 g/mol. The van der Waals surface area contributed by atoms with Gasteiger partial charge in [-0.15, -0.1) is 0 Å². The van der Waals surface area contributed by atoms with Crippen LogP contribution < -0.4 is 9.62 Å². The number of aromatic nitrogens is 1. The maximum Gasteiger partial charge on any atom is 0.279 e. The van der Waals surface area contributed by atoms with Crippen molar-refractivity contribution >= 4 is 16.0 Å². The second-order valence-electron chi connectivity index (χ2n) is 6.20. The third-order valence-electron chi connectivity index (χ3n) is 4.25. The van der Waals surface area contributed by atoms with Crippen molar-refractivity contribution in [3.8, 4) is 0 Å². The van der Waals surface area contributed by atoms with Crippen molar-refractivity contribution < 1.29 is 8.42 Å². The minimum atomic E-state index is -3.37. The molecule has 0 spiro atoms. The first kappa shape index (κ1) is 18.2. The molecule has 0 amide bonds. The number of aryl methyl sites for hydroxylation is 1. The van der Waals surface area contributed by atoms with Crippen LogP contribution >= 0.6 is 0 Å². The second-order valence-corrected chi connectivity index (χ2v) is 8.01. The van der Waals surface area contributed by atoms with Gasteiger partial charge in [-0.05, 0) is 38.3 Å². The van der Waals surface area contributed by atoms with Crippen molar-refractivity contribution in [2.75, 3.05) is 31.6 Å². The smallest absolute Gasteiger partial charge is 0.279 e. The van der Waals surface area contributed by atoms with Crippen LogP contribution in [-0.2, 0) is 10.2 Å². The minimum absolute atomic E-state index is 0.00476. The van der Waals surface area contributed by atoms with E-state index in [2.05, 4.69) is 21.5 Å². The van der Waals surface area contributed by atoms with E-state index in [1.54, 1.807) is 7.05 Å². The van der Waals surface area contributed by atoms with Crippen LogP contribution in [0.3, 0.4) is 0 Å². The number of unbranched alkanes of at least 4 members (excludes halogenated alkanes) is 1. The Morgan fingerprint density at radius 3 is 2.65 bits per heavy atom. The predicted molar refractivity (Wildman–Crippen MR) is 93.8 cm³/mol. The molecule has 1 fully saturated rings. The fourth-order valence-electron chi connectivity index (χ4n) is 2.73. The summed E-state index contributed by atoms with van der Waals surface area (Å²) >= 11 is 0. The number of hydrogen-bond acceptors (Lipinski definition) is 4. The summed E-state index contributed by atoms with van der Waals surface area (Å²) in [4.78, 5) is 6.76. The Hall–Kier alpha value is -1.18. The van der Waals surface area contributed by atoms with Crippen LogP contribution in [0.1, 0.15) is 38.3 Å². The number of anilines is 1. The van der Waals surface area contributed by atoms with E-state index in [9.17, 15) is 8.42 Å². The molecule has 0 radical (unpaired) electrons. The fraction of sp³-hybridized carbons (Fsp3) is 0.688. The van der Waals surface area contributed by atoms with E-state index in [4.69, 9.17) is 0 Å². The van der Waals surface area contributed by atoms with Gasteiger partial charge in [-0.3, -0.25) is 0 Å². The largest absolute Gasteiger partial charge is 0.356 e. The average Bonchev–Trinajstić information content (AvgIpc) is 2.53. The van der Waals surface area contributed by atoms with Crippen molar-refractivity contribution in [3.63, 3.8) is 0 Å². The number of hydrogen-bond donors (Lipinski definition) is 1. The SMILES string of the molecule is CCCCN(C)S(=O)(=O)NC1CCN(c2cccc(C)n2)CC1. The van der Waals surface area contributed by atoms with Crippen LogP contribution in [-0.4, -0.2) is 50.4 Å². The zero-order chi connectivity index (χ0) is 16.9. The summed E-state index contributed by atoms with van der Waals surface area (Å²) in [5.41, 5.74) is 1.00. The quantitative estimate of drug-likeness (QED) is 0.824. The summed E-state index contributed by atoms with van der Waals surface area (Å²) in [5, 5.41) is 0. The Labute approximate surface area is 140 Å². The predicted octanol–water partition coefficient (Wildman–Crippen LogP) is 1.93. The lowest BCUT2D eigenvalue weighted by Crippen LogP contribution is -2.49. The number of nitrogens with zero attached hydrogens (tertiary/aromatic N) is 3. The molecule has 0 atom stereocenters. The first-order valence-corrected chi connectivity index (χ1v) is 9.78. The topological polar surface area (TPSA) is 65.5 Å². The Morgan fingerprint density at radius 1 is 1.35 bits per heavy atom. The molecule has 1 aliphatic heterocycles. The van der Waals surface area contributed by atoms with Gasteiger partial charge in [0, 0.05) is 38.4 Å². The van der Waals surface area contributed by atoms with E-state index >= 15 is 0 Å². The van der Waals surface area contributed by atoms with Gasteiger partial charge in [0.2, 0.25) is 0 Å². The molecule has 2 rings (SSSR count). The van der Waals surface area contributed by atoms with Crippen molar-refractivity contribution in [1.29, 1.82) is 0 Å². The summed E-state index contributed by atoms with van der Waals surface area (Å²) in [7, 11) is -1.73. The van der Waals surface area contributed by atoms with E-state index in [1.807, 2.05) is 25.1 Å². The zero-order valence-corrected chi connectivity index (χ0v) is 15.1. The van der Waals surface area contributed by atoms with E-state index in [-0.39, 0.29) is 6.04 Å². The molecule has 0 unspecified atom stereocenters. The summed E-state index contributed by atoms with van der Waals surface area (Å²) in [6.45, 7) is 6.25. The summed E-state index contributed by atoms with van der Waals surface area (Å²) in [6.07, 6.45) is 3.48. The summed E-state index contributed by atoms with van der Waals surface area (Å²) < 4.78 is 28.8. The van der Waals surface area contributed by atoms with Gasteiger partial charge in [0.25, 0.3) is 10.2 Å². The highest BCUT2D eigenvalue weighted by Gasteiger charge is 2.26. The van der Waals surface area contributed by atoms with Gasteiger partial charge in [-0.1, -0.05) is 19.4 Å². The molecule has 0 aromatic carbocycles. The third kappa shape index (κ3) is 5.16. The molecule has 23 heavy (non-hydrogen) atoms. The lowest BCUT2D eigenvalue weighted by molar-refractivity contribution is 0.414. The molecule has 1 N–H and O–H groups in total. The van der Waals surface area contributed by atoms with Gasteiger partial charge in [0.1, 0.15) is 5.82 Å². The van der Waals surface area contributed by atoms with E-state index < -0.39 is 10.2 Å². The number of pyridine rings is 1. The highest BCUT2D eigenvalue weighted by atomic mass is 32.2. The Kier molecular flexibility index (Phi) is 6.38. The van der Waals surface area contributed by atoms with Gasteiger partial charge >= 0.3 is 0 Å². The van der Waals surface area contributed by atoms with Crippen molar-refractivity contribution in [2.24, 2.45) is 0 Å². The lowest BCUT2D eigenvalue weighted by Gasteiger charge is -2.33. The van der Waals surface area contributed by atoms with Crippen LogP contribution in [0.5, 0.6) is 0 Å². The van der Waals surface area contributed by atoms with Crippen molar-refractivity contribution in [3.05, 3.63) is 23.9 Å². The fourth-order valence-corrected chi connectivity index (χ4v) is 3.94. The lowest BCUT2D eigenvalue weighted by atomic mass is 10.1. The van der Waals surface area contributed by atoms with Crippen LogP contribution in [0, 0.1) is 6.92 Å². The maximum absolute atomic E-state index is 12.3. The van der Waals surface area contributed by atoms with Crippen molar-refractivity contribution in [1.82, 2.24) is 14.0 Å². The normalized spacial score (nSPS) is 17.0. The van der Waals surface area contributed by atoms with Gasteiger partial charge in [0.15, 0.2) is 0 Å². The number of piperidine rings is 1. The first-order chi connectivity index (χ1) is 10.9. The highest BCUT2D eigenvalue weighted by molar-refractivity contribution is 7.87. The number of rotatable bonds is 7. The molecule has 0 saturated carbocycles. The molecule has 0 bridgehead atoms. The average molecular weight is 340 g/mol. The second kappa shape index (κ2) is 8.08. The molecule has 130 valence electrons. The van der Waals surface area contributed by atoms with Crippen LogP contribution in [0.15, 0.2) is 18.2 Å². The standard InChI is InChI=1S/C16H28N4O2S/c1-4-5-11-19(3)23(21,22)18-15-9-12-20(13-10-15)16-8-6-7-14(2)17-16/h6-8,15,18H,4-5,9-13H2,1-3H3. The van der Waals surface area contributed by atoms with Crippen LogP contribution in [0.4, 0.5) is 5.82 Å². The van der Waals surface area contributed by atoms with Gasteiger partial charge in [-0.25, -0.2) is 4.98 Å². The van der Waals surface area contributed by atoms with Crippen LogP contribution in [0.2, 0.25) is 0 Å². The van der Waals surface area contributed by atoms with Crippen molar-refractivity contribution in [2.45, 2.75) is 45.6 Å². The van der Waals surface area contributed by atoms with Gasteiger partial charge in [-0.2, -0.15) is 17.4 Å². The third-order valence-corrected chi connectivity index (χ3v) is 5.88. The van der Waals surface area contributed by atoms with E-state index in [1.165, 1.54) is 4.31 Å². The highest BCUT2D eigenvalue weighted by Crippen LogP contribution is 2.19. The molecule has 1 aliphatic rings. The summed E-state index contributed by atoms with van der Waals surface area (Å²) in [6, 6.07) is 6.01. The Morgan fingerprint density at radius 2 is 2.04 bits per heavy atom. The molecule has 7 heteroatoms. The molecule has 0 aliphatic carbocycles. The number of nitrogens with one attached hydrogen (secondary N) is 1.